The molecule has 0 spiro atoms. The Morgan fingerprint density at radius 3 is 2.50 bits per heavy atom. The number of carbonyl (C=O) groups excluding carboxylic acids is 3. The second-order valence-electron chi connectivity index (χ2n) is 4.74. The number of likely N-dealkylation sites (N-methyl/N-ethyl adjacent to an activating group) is 1. The first-order valence-corrected chi connectivity index (χ1v) is 6.50. The summed E-state index contributed by atoms with van der Waals surface area (Å²) in [6, 6.07) is 3.82. The molecule has 3 N–H and O–H groups in total. The Kier molecular flexibility index (Phi) is 6.33. The van der Waals surface area contributed by atoms with Crippen LogP contribution in [0.25, 0.3) is 0 Å². The van der Waals surface area contributed by atoms with Crippen LogP contribution in [0.15, 0.2) is 18.2 Å². The number of phenols is 1. The predicted molar refractivity (Wildman–Crippen MR) is 79.6 cm³/mol. The number of hydrogen-bond donors (Lipinski definition) is 3. The van der Waals surface area contributed by atoms with E-state index >= 15 is 0 Å². The van der Waals surface area contributed by atoms with Crippen LogP contribution in [0.1, 0.15) is 10.4 Å². The number of esters is 1. The molecule has 120 valence electrons. The molecule has 0 aliphatic heterocycles. The van der Waals surface area contributed by atoms with Gasteiger partial charge in [-0.05, 0) is 32.3 Å². The lowest BCUT2D eigenvalue weighted by Gasteiger charge is -2.11. The summed E-state index contributed by atoms with van der Waals surface area (Å²) in [5.74, 6) is -2.67. The second-order valence-corrected chi connectivity index (χ2v) is 4.74. The molecule has 1 aromatic rings. The van der Waals surface area contributed by atoms with Crippen LogP contribution in [0, 0.1) is 0 Å². The molecule has 0 saturated carbocycles. The maximum atomic E-state index is 11.7. The molecule has 0 atom stereocenters. The zero-order valence-corrected chi connectivity index (χ0v) is 12.7. The van der Waals surface area contributed by atoms with Crippen molar-refractivity contribution in [3.63, 3.8) is 0 Å². The van der Waals surface area contributed by atoms with Crippen molar-refractivity contribution in [2.24, 2.45) is 0 Å². The van der Waals surface area contributed by atoms with Gasteiger partial charge in [0.05, 0.1) is 7.11 Å². The lowest BCUT2D eigenvalue weighted by Crippen LogP contribution is -2.38. The van der Waals surface area contributed by atoms with Crippen molar-refractivity contribution in [1.82, 2.24) is 10.2 Å². The molecule has 0 aliphatic carbocycles. The van der Waals surface area contributed by atoms with Gasteiger partial charge in [0.25, 0.3) is 0 Å². The molecule has 1 rings (SSSR count). The van der Waals surface area contributed by atoms with Gasteiger partial charge in [0, 0.05) is 18.8 Å². The highest BCUT2D eigenvalue weighted by molar-refractivity contribution is 6.39. The normalized spacial score (nSPS) is 10.2. The summed E-state index contributed by atoms with van der Waals surface area (Å²) in [4.78, 5) is 36.6. The van der Waals surface area contributed by atoms with E-state index in [1.807, 2.05) is 19.0 Å². The third kappa shape index (κ3) is 5.06. The molecule has 0 fully saturated rings. The van der Waals surface area contributed by atoms with E-state index in [0.717, 1.165) is 0 Å². The zero-order valence-electron chi connectivity index (χ0n) is 12.7. The first-order chi connectivity index (χ1) is 10.3. The molecule has 8 heteroatoms. The third-order valence-electron chi connectivity index (χ3n) is 2.71. The number of rotatable bonds is 5. The summed E-state index contributed by atoms with van der Waals surface area (Å²) in [5.41, 5.74) is 0.0966. The molecule has 0 unspecified atom stereocenters. The fourth-order valence-corrected chi connectivity index (χ4v) is 1.55. The van der Waals surface area contributed by atoms with E-state index in [1.54, 1.807) is 0 Å². The van der Waals surface area contributed by atoms with Crippen molar-refractivity contribution in [2.75, 3.05) is 39.6 Å². The first kappa shape index (κ1) is 17.4. The average Bonchev–Trinajstić information content (AvgIpc) is 2.47. The highest BCUT2D eigenvalue weighted by atomic mass is 16.5. The van der Waals surface area contributed by atoms with E-state index in [0.29, 0.717) is 13.1 Å². The van der Waals surface area contributed by atoms with Gasteiger partial charge in [-0.25, -0.2) is 4.79 Å². The largest absolute Gasteiger partial charge is 0.507 e. The van der Waals surface area contributed by atoms with Crippen LogP contribution in [0.5, 0.6) is 5.75 Å². The van der Waals surface area contributed by atoms with Crippen LogP contribution in [-0.2, 0) is 14.3 Å². The van der Waals surface area contributed by atoms with Gasteiger partial charge >= 0.3 is 17.8 Å². The van der Waals surface area contributed by atoms with E-state index in [-0.39, 0.29) is 17.0 Å². The van der Waals surface area contributed by atoms with Gasteiger partial charge in [0.15, 0.2) is 0 Å². The van der Waals surface area contributed by atoms with E-state index in [2.05, 4.69) is 15.4 Å². The van der Waals surface area contributed by atoms with Gasteiger partial charge in [-0.1, -0.05) is 0 Å². The number of anilines is 1. The molecule has 0 radical (unpaired) electrons. The average molecular weight is 309 g/mol. The van der Waals surface area contributed by atoms with Crippen LogP contribution in [0.2, 0.25) is 0 Å². The van der Waals surface area contributed by atoms with Gasteiger partial charge in [-0.2, -0.15) is 0 Å². The number of ether oxygens (including phenoxy) is 1. The molecule has 0 aliphatic rings. The summed E-state index contributed by atoms with van der Waals surface area (Å²) < 4.78 is 4.50. The number of amides is 2. The Hall–Kier alpha value is -2.61. The number of methoxy groups -OCH3 is 1. The van der Waals surface area contributed by atoms with Crippen LogP contribution < -0.4 is 10.6 Å². The summed E-state index contributed by atoms with van der Waals surface area (Å²) in [7, 11) is 4.86. The molecule has 1 aromatic carbocycles. The second kappa shape index (κ2) is 7.99. The Balaban J connectivity index is 2.68. The van der Waals surface area contributed by atoms with Gasteiger partial charge < -0.3 is 25.4 Å². The van der Waals surface area contributed by atoms with Gasteiger partial charge in [0.1, 0.15) is 11.3 Å². The number of benzene rings is 1. The van der Waals surface area contributed by atoms with E-state index in [1.165, 1.54) is 25.3 Å². The molecule has 0 heterocycles. The van der Waals surface area contributed by atoms with Crippen molar-refractivity contribution in [3.8, 4) is 5.75 Å². The monoisotopic (exact) mass is 309 g/mol. The number of aromatic hydroxyl groups is 1. The number of phenolic OH excluding ortho intramolecular Hbond substituents is 1. The number of carbonyl (C=O) groups is 3. The number of nitrogens with zero attached hydrogens (tertiary/aromatic N) is 1. The standard InChI is InChI=1S/C14H19N3O5/c1-17(2)7-6-15-12(19)13(20)16-9-4-5-11(18)10(8-9)14(21)22-3/h4-5,8,18H,6-7H2,1-3H3,(H,15,19)(H,16,20). The topological polar surface area (TPSA) is 108 Å². The van der Waals surface area contributed by atoms with Crippen LogP contribution in [0.4, 0.5) is 5.69 Å². The van der Waals surface area contributed by atoms with Crippen LogP contribution in [0.3, 0.4) is 0 Å². The summed E-state index contributed by atoms with van der Waals surface area (Å²) in [5, 5.41) is 14.4. The lowest BCUT2D eigenvalue weighted by molar-refractivity contribution is -0.136. The van der Waals surface area contributed by atoms with Gasteiger partial charge in [-0.3, -0.25) is 9.59 Å². The van der Waals surface area contributed by atoms with Crippen molar-refractivity contribution in [3.05, 3.63) is 23.8 Å². The molecule has 8 nitrogen and oxygen atoms in total. The van der Waals surface area contributed by atoms with E-state index in [4.69, 9.17) is 0 Å². The third-order valence-corrected chi connectivity index (χ3v) is 2.71. The Labute approximate surface area is 128 Å². The molecule has 2 amide bonds. The van der Waals surface area contributed by atoms with Crippen LogP contribution >= 0.6 is 0 Å². The zero-order chi connectivity index (χ0) is 16.7. The van der Waals surface area contributed by atoms with Crippen molar-refractivity contribution in [1.29, 1.82) is 0 Å². The summed E-state index contributed by atoms with van der Waals surface area (Å²) in [6.45, 7) is 0.937. The first-order valence-electron chi connectivity index (χ1n) is 6.50. The molecule has 0 aromatic heterocycles. The molecular formula is C14H19N3O5. The maximum Gasteiger partial charge on any atom is 0.341 e. The van der Waals surface area contributed by atoms with Crippen molar-refractivity contribution < 1.29 is 24.2 Å². The highest BCUT2D eigenvalue weighted by Crippen LogP contribution is 2.22. The summed E-state index contributed by atoms with van der Waals surface area (Å²) in [6.07, 6.45) is 0. The smallest absolute Gasteiger partial charge is 0.341 e. The highest BCUT2D eigenvalue weighted by Gasteiger charge is 2.16. The molecular weight excluding hydrogens is 290 g/mol. The lowest BCUT2D eigenvalue weighted by atomic mass is 10.1. The van der Waals surface area contributed by atoms with Crippen molar-refractivity contribution >= 4 is 23.5 Å². The minimum absolute atomic E-state index is 0.103. The van der Waals surface area contributed by atoms with E-state index < -0.39 is 17.8 Å². The molecule has 0 bridgehead atoms. The predicted octanol–water partition coefficient (Wildman–Crippen LogP) is -0.205. The maximum absolute atomic E-state index is 11.7. The van der Waals surface area contributed by atoms with E-state index in [9.17, 15) is 19.5 Å². The minimum atomic E-state index is -0.861. The van der Waals surface area contributed by atoms with Crippen molar-refractivity contribution in [2.45, 2.75) is 0 Å². The SMILES string of the molecule is COC(=O)c1cc(NC(=O)C(=O)NCCN(C)C)ccc1O. The quantitative estimate of drug-likeness (QED) is 0.395. The molecule has 0 saturated heterocycles. The summed E-state index contributed by atoms with van der Waals surface area (Å²) >= 11 is 0. The Bertz CT molecular complexity index is 572. The fraction of sp³-hybridized carbons (Fsp3) is 0.357. The van der Waals surface area contributed by atoms with Crippen LogP contribution in [-0.4, -0.2) is 62.1 Å². The molecule has 22 heavy (non-hydrogen) atoms. The Morgan fingerprint density at radius 2 is 1.91 bits per heavy atom. The minimum Gasteiger partial charge on any atom is -0.507 e. The number of nitrogens with one attached hydrogen (secondary N) is 2. The van der Waals surface area contributed by atoms with Gasteiger partial charge in [-0.15, -0.1) is 0 Å². The Morgan fingerprint density at radius 1 is 1.23 bits per heavy atom. The fourth-order valence-electron chi connectivity index (χ4n) is 1.55. The number of hydrogen-bond acceptors (Lipinski definition) is 6. The van der Waals surface area contributed by atoms with Gasteiger partial charge in [0.2, 0.25) is 0 Å².